The minimum absolute atomic E-state index is 0.0713. The quantitative estimate of drug-likeness (QED) is 0.684. The molecule has 7 heteroatoms. The molecule has 3 rings (SSSR count). The summed E-state index contributed by atoms with van der Waals surface area (Å²) in [6.45, 7) is 7.76. The molecule has 1 saturated carbocycles. The van der Waals surface area contributed by atoms with Gasteiger partial charge in [0.25, 0.3) is 5.91 Å². The van der Waals surface area contributed by atoms with E-state index in [-0.39, 0.29) is 35.4 Å². The predicted molar refractivity (Wildman–Crippen MR) is 115 cm³/mol. The molecule has 0 aromatic heterocycles. The van der Waals surface area contributed by atoms with Gasteiger partial charge in [0.1, 0.15) is 11.4 Å². The van der Waals surface area contributed by atoms with Crippen LogP contribution in [0.15, 0.2) is 24.3 Å². The molecule has 0 radical (unpaired) electrons. The summed E-state index contributed by atoms with van der Waals surface area (Å²) >= 11 is 0. The highest BCUT2D eigenvalue weighted by atomic mass is 19.1. The summed E-state index contributed by atoms with van der Waals surface area (Å²) in [6.07, 6.45) is 3.45. The van der Waals surface area contributed by atoms with Gasteiger partial charge in [0.05, 0.1) is 5.92 Å². The lowest BCUT2D eigenvalue weighted by molar-refractivity contribution is -0.162. The van der Waals surface area contributed by atoms with Gasteiger partial charge in [0, 0.05) is 37.7 Å². The van der Waals surface area contributed by atoms with Gasteiger partial charge in [-0.05, 0) is 77.1 Å². The van der Waals surface area contributed by atoms with Gasteiger partial charge < -0.3 is 14.5 Å². The van der Waals surface area contributed by atoms with Gasteiger partial charge in [-0.3, -0.25) is 14.4 Å². The Labute approximate surface area is 183 Å². The van der Waals surface area contributed by atoms with Crippen molar-refractivity contribution in [3.63, 3.8) is 0 Å². The highest BCUT2D eigenvalue weighted by Crippen LogP contribution is 2.32. The summed E-state index contributed by atoms with van der Waals surface area (Å²) in [5, 5.41) is 0. The molecule has 1 aromatic carbocycles. The highest BCUT2D eigenvalue weighted by molar-refractivity contribution is 5.94. The van der Waals surface area contributed by atoms with Crippen molar-refractivity contribution < 1.29 is 23.5 Å². The van der Waals surface area contributed by atoms with Crippen molar-refractivity contribution in [3.05, 3.63) is 35.6 Å². The Morgan fingerprint density at radius 1 is 0.871 bits per heavy atom. The summed E-state index contributed by atoms with van der Waals surface area (Å²) in [7, 11) is 0. The van der Waals surface area contributed by atoms with Crippen molar-refractivity contribution >= 4 is 17.8 Å². The topological polar surface area (TPSA) is 66.9 Å². The highest BCUT2D eigenvalue weighted by Gasteiger charge is 2.34. The maximum atomic E-state index is 13.1. The molecular weight excluding hydrogens is 399 g/mol. The third-order valence-corrected chi connectivity index (χ3v) is 6.00. The van der Waals surface area contributed by atoms with Crippen molar-refractivity contribution in [1.29, 1.82) is 0 Å². The van der Waals surface area contributed by atoms with E-state index in [0.717, 1.165) is 0 Å². The van der Waals surface area contributed by atoms with Crippen LogP contribution in [0.1, 0.15) is 63.2 Å². The second-order valence-electron chi connectivity index (χ2n) is 9.56. The zero-order valence-electron chi connectivity index (χ0n) is 18.7. The Morgan fingerprint density at radius 2 is 1.42 bits per heavy atom. The summed E-state index contributed by atoms with van der Waals surface area (Å²) in [5.41, 5.74) is -0.0332. The van der Waals surface area contributed by atoms with Crippen molar-refractivity contribution in [3.8, 4) is 0 Å². The number of rotatable bonds is 3. The molecule has 1 aromatic rings. The first-order valence-corrected chi connectivity index (χ1v) is 11.2. The number of nitrogens with zero attached hydrogens (tertiary/aromatic N) is 2. The SMILES string of the molecule is CC(C)(C)OC(=O)C1CCC(C(=O)N2CCCN(C(=O)c3ccc(F)cc3)CC2)CC1. The van der Waals surface area contributed by atoms with E-state index in [4.69, 9.17) is 4.74 Å². The normalized spacial score (nSPS) is 22.6. The minimum Gasteiger partial charge on any atom is -0.460 e. The van der Waals surface area contributed by atoms with Gasteiger partial charge in [0.2, 0.25) is 5.91 Å². The van der Waals surface area contributed by atoms with Gasteiger partial charge in [0.15, 0.2) is 0 Å². The fourth-order valence-electron chi connectivity index (χ4n) is 4.34. The molecule has 0 bridgehead atoms. The number of amides is 2. The smallest absolute Gasteiger partial charge is 0.309 e. The standard InChI is InChI=1S/C24H33FN2O4/c1-24(2,3)31-23(30)19-7-5-17(6-8-19)21(28)26-13-4-14-27(16-15-26)22(29)18-9-11-20(25)12-10-18/h9-12,17,19H,4-8,13-16H2,1-3H3. The van der Waals surface area contributed by atoms with Crippen LogP contribution in [0.2, 0.25) is 0 Å². The Morgan fingerprint density at radius 3 is 2.03 bits per heavy atom. The first kappa shape index (κ1) is 23.2. The maximum absolute atomic E-state index is 13.1. The zero-order valence-corrected chi connectivity index (χ0v) is 18.7. The molecule has 2 amide bonds. The molecule has 1 heterocycles. The van der Waals surface area contributed by atoms with Gasteiger partial charge in [-0.1, -0.05) is 0 Å². The third-order valence-electron chi connectivity index (χ3n) is 6.00. The lowest BCUT2D eigenvalue weighted by atomic mass is 9.81. The third kappa shape index (κ3) is 6.28. The van der Waals surface area contributed by atoms with Crippen LogP contribution in [0.5, 0.6) is 0 Å². The van der Waals surface area contributed by atoms with E-state index in [0.29, 0.717) is 63.8 Å². The molecule has 6 nitrogen and oxygen atoms in total. The molecule has 31 heavy (non-hydrogen) atoms. The van der Waals surface area contributed by atoms with Gasteiger partial charge in [-0.2, -0.15) is 0 Å². The number of carbonyl (C=O) groups is 3. The second-order valence-corrected chi connectivity index (χ2v) is 9.56. The van der Waals surface area contributed by atoms with Crippen LogP contribution in [0.4, 0.5) is 4.39 Å². The van der Waals surface area contributed by atoms with Crippen LogP contribution in [0, 0.1) is 17.7 Å². The molecule has 1 saturated heterocycles. The average Bonchev–Trinajstić information content (AvgIpc) is 2.98. The number of benzene rings is 1. The molecular formula is C24H33FN2O4. The van der Waals surface area contributed by atoms with E-state index in [1.807, 2.05) is 25.7 Å². The first-order valence-electron chi connectivity index (χ1n) is 11.2. The number of halogens is 1. The zero-order chi connectivity index (χ0) is 22.6. The largest absolute Gasteiger partial charge is 0.460 e. The Hall–Kier alpha value is -2.44. The van der Waals surface area contributed by atoms with Crippen LogP contribution < -0.4 is 0 Å². The number of esters is 1. The van der Waals surface area contributed by atoms with Crippen molar-refractivity contribution in [2.75, 3.05) is 26.2 Å². The molecule has 0 atom stereocenters. The fraction of sp³-hybridized carbons (Fsp3) is 0.625. The van der Waals surface area contributed by atoms with Crippen LogP contribution in [0.3, 0.4) is 0 Å². The predicted octanol–water partition coefficient (Wildman–Crippen LogP) is 3.65. The van der Waals surface area contributed by atoms with Crippen molar-refractivity contribution in [2.45, 2.75) is 58.5 Å². The number of ether oxygens (including phenoxy) is 1. The summed E-state index contributed by atoms with van der Waals surface area (Å²) < 4.78 is 18.6. The summed E-state index contributed by atoms with van der Waals surface area (Å²) in [6, 6.07) is 5.56. The van der Waals surface area contributed by atoms with Crippen molar-refractivity contribution in [2.24, 2.45) is 11.8 Å². The van der Waals surface area contributed by atoms with E-state index in [2.05, 4.69) is 0 Å². The fourth-order valence-corrected chi connectivity index (χ4v) is 4.34. The number of hydrogen-bond donors (Lipinski definition) is 0. The molecule has 1 aliphatic heterocycles. The number of hydrogen-bond acceptors (Lipinski definition) is 4. The van der Waals surface area contributed by atoms with E-state index >= 15 is 0 Å². The first-order chi connectivity index (χ1) is 14.6. The number of carbonyl (C=O) groups excluding carboxylic acids is 3. The maximum Gasteiger partial charge on any atom is 0.309 e. The minimum atomic E-state index is -0.493. The summed E-state index contributed by atoms with van der Waals surface area (Å²) in [5.74, 6) is -0.742. The second kappa shape index (κ2) is 9.79. The van der Waals surface area contributed by atoms with Gasteiger partial charge in [-0.25, -0.2) is 4.39 Å². The van der Waals surface area contributed by atoms with Crippen LogP contribution in [-0.2, 0) is 14.3 Å². The van der Waals surface area contributed by atoms with E-state index in [1.165, 1.54) is 24.3 Å². The van der Waals surface area contributed by atoms with Crippen LogP contribution >= 0.6 is 0 Å². The Bertz CT molecular complexity index is 795. The van der Waals surface area contributed by atoms with Crippen molar-refractivity contribution in [1.82, 2.24) is 9.80 Å². The average molecular weight is 433 g/mol. The Kier molecular flexibility index (Phi) is 7.34. The van der Waals surface area contributed by atoms with E-state index in [9.17, 15) is 18.8 Å². The lowest BCUT2D eigenvalue weighted by Crippen LogP contribution is -2.41. The van der Waals surface area contributed by atoms with Gasteiger partial charge in [-0.15, -0.1) is 0 Å². The van der Waals surface area contributed by atoms with Gasteiger partial charge >= 0.3 is 5.97 Å². The molecule has 2 aliphatic rings. The molecule has 0 spiro atoms. The Balaban J connectivity index is 1.50. The van der Waals surface area contributed by atoms with Crippen LogP contribution in [0.25, 0.3) is 0 Å². The van der Waals surface area contributed by atoms with E-state index < -0.39 is 5.60 Å². The molecule has 0 unspecified atom stereocenters. The molecule has 0 N–H and O–H groups in total. The molecule has 2 fully saturated rings. The monoisotopic (exact) mass is 432 g/mol. The van der Waals surface area contributed by atoms with Crippen LogP contribution in [-0.4, -0.2) is 59.4 Å². The molecule has 170 valence electrons. The lowest BCUT2D eigenvalue weighted by Gasteiger charge is -2.32. The molecule has 1 aliphatic carbocycles. The summed E-state index contributed by atoms with van der Waals surface area (Å²) in [4.78, 5) is 41.6. The van der Waals surface area contributed by atoms with E-state index in [1.54, 1.807) is 4.90 Å².